The molecule has 25 heavy (non-hydrogen) atoms. The average molecular weight is 353 g/mol. The Morgan fingerprint density at radius 2 is 1.68 bits per heavy atom. The first kappa shape index (κ1) is 17.2. The lowest BCUT2D eigenvalue weighted by Gasteiger charge is -2.04. The highest BCUT2D eigenvalue weighted by Crippen LogP contribution is 2.16. The van der Waals surface area contributed by atoms with E-state index in [1.54, 1.807) is 23.9 Å². The van der Waals surface area contributed by atoms with Crippen molar-refractivity contribution < 1.29 is 13.9 Å². The molecule has 3 rings (SSSR count). The van der Waals surface area contributed by atoms with Crippen LogP contribution in [0.5, 0.6) is 5.75 Å². The smallest absolute Gasteiger partial charge is 0.287 e. The number of thioether (sulfide) groups is 1. The number of ether oxygens (including phenoxy) is 1. The van der Waals surface area contributed by atoms with Gasteiger partial charge < -0.3 is 14.5 Å². The van der Waals surface area contributed by atoms with E-state index >= 15 is 0 Å². The number of nitrogens with one attached hydrogen (secondary N) is 1. The number of benzene rings is 2. The van der Waals surface area contributed by atoms with E-state index in [0.29, 0.717) is 24.7 Å². The first-order valence-electron chi connectivity index (χ1n) is 8.04. The van der Waals surface area contributed by atoms with Gasteiger partial charge in [-0.2, -0.15) is 0 Å². The molecule has 0 atom stereocenters. The zero-order valence-electron chi connectivity index (χ0n) is 13.7. The highest BCUT2D eigenvalue weighted by molar-refractivity contribution is 7.99. The third-order valence-corrected chi connectivity index (χ3v) is 4.42. The SMILES string of the molecule is O=C(NCCSc1ccccc1)c1ccc(COc2ccccc2)o1. The van der Waals surface area contributed by atoms with Crippen LogP contribution in [-0.2, 0) is 6.61 Å². The molecule has 1 N–H and O–H groups in total. The predicted octanol–water partition coefficient (Wildman–Crippen LogP) is 4.38. The lowest BCUT2D eigenvalue weighted by molar-refractivity contribution is 0.0924. The van der Waals surface area contributed by atoms with Gasteiger partial charge in [0.15, 0.2) is 5.76 Å². The highest BCUT2D eigenvalue weighted by atomic mass is 32.2. The van der Waals surface area contributed by atoms with E-state index in [-0.39, 0.29) is 5.91 Å². The summed E-state index contributed by atoms with van der Waals surface area (Å²) in [5.41, 5.74) is 0. The molecule has 0 radical (unpaired) electrons. The van der Waals surface area contributed by atoms with Crippen LogP contribution in [0.3, 0.4) is 0 Å². The Hall–Kier alpha value is -2.66. The van der Waals surface area contributed by atoms with Crippen molar-refractivity contribution in [3.8, 4) is 5.75 Å². The number of hydrogen-bond donors (Lipinski definition) is 1. The van der Waals surface area contributed by atoms with E-state index in [1.165, 1.54) is 4.90 Å². The van der Waals surface area contributed by atoms with E-state index in [0.717, 1.165) is 11.5 Å². The molecule has 0 saturated carbocycles. The van der Waals surface area contributed by atoms with Gasteiger partial charge in [0.05, 0.1) is 0 Å². The van der Waals surface area contributed by atoms with Gasteiger partial charge in [0, 0.05) is 17.2 Å². The van der Waals surface area contributed by atoms with Gasteiger partial charge in [-0.05, 0) is 36.4 Å². The maximum atomic E-state index is 12.1. The summed E-state index contributed by atoms with van der Waals surface area (Å²) in [5.74, 6) is 2.28. The van der Waals surface area contributed by atoms with Crippen LogP contribution in [-0.4, -0.2) is 18.2 Å². The van der Waals surface area contributed by atoms with Crippen molar-refractivity contribution in [1.29, 1.82) is 0 Å². The van der Waals surface area contributed by atoms with Gasteiger partial charge in [0.2, 0.25) is 0 Å². The van der Waals surface area contributed by atoms with Gasteiger partial charge in [0.1, 0.15) is 18.1 Å². The first-order chi connectivity index (χ1) is 12.3. The molecule has 0 saturated heterocycles. The third kappa shape index (κ3) is 5.43. The molecular weight excluding hydrogens is 334 g/mol. The fourth-order valence-electron chi connectivity index (χ4n) is 2.19. The van der Waals surface area contributed by atoms with Crippen LogP contribution in [0.1, 0.15) is 16.3 Å². The molecule has 0 fully saturated rings. The molecular formula is C20H19NO3S. The second-order valence-corrected chi connectivity index (χ2v) is 6.45. The Balaban J connectivity index is 1.41. The zero-order chi connectivity index (χ0) is 17.3. The standard InChI is InChI=1S/C20H19NO3S/c22-20(21-13-14-25-18-9-5-2-6-10-18)19-12-11-17(24-19)15-23-16-7-3-1-4-8-16/h1-12H,13-15H2,(H,21,22). The van der Waals surface area contributed by atoms with Crippen molar-refractivity contribution in [3.05, 3.63) is 84.3 Å². The Labute approximate surface area is 151 Å². The van der Waals surface area contributed by atoms with E-state index in [4.69, 9.17) is 9.15 Å². The lowest BCUT2D eigenvalue weighted by atomic mass is 10.3. The number of carbonyl (C=O) groups is 1. The molecule has 128 valence electrons. The second kappa shape index (κ2) is 8.99. The van der Waals surface area contributed by atoms with Crippen molar-refractivity contribution in [2.75, 3.05) is 12.3 Å². The summed E-state index contributed by atoms with van der Waals surface area (Å²) in [4.78, 5) is 13.3. The maximum Gasteiger partial charge on any atom is 0.287 e. The van der Waals surface area contributed by atoms with Gasteiger partial charge >= 0.3 is 0 Å². The van der Waals surface area contributed by atoms with Crippen LogP contribution in [0.25, 0.3) is 0 Å². The lowest BCUT2D eigenvalue weighted by Crippen LogP contribution is -2.25. The fourth-order valence-corrected chi connectivity index (χ4v) is 2.98. The predicted molar refractivity (Wildman–Crippen MR) is 99.0 cm³/mol. The minimum Gasteiger partial charge on any atom is -0.486 e. The molecule has 0 bridgehead atoms. The average Bonchev–Trinajstić information content (AvgIpc) is 3.14. The topological polar surface area (TPSA) is 51.5 Å². The summed E-state index contributed by atoms with van der Waals surface area (Å²) < 4.78 is 11.1. The van der Waals surface area contributed by atoms with Crippen LogP contribution in [0, 0.1) is 0 Å². The minimum atomic E-state index is -0.209. The Kier molecular flexibility index (Phi) is 6.17. The van der Waals surface area contributed by atoms with Crippen LogP contribution in [0.4, 0.5) is 0 Å². The minimum absolute atomic E-state index is 0.209. The number of carbonyl (C=O) groups excluding carboxylic acids is 1. The molecule has 5 heteroatoms. The van der Waals surface area contributed by atoms with Crippen molar-refractivity contribution >= 4 is 17.7 Å². The Morgan fingerprint density at radius 1 is 0.960 bits per heavy atom. The number of para-hydroxylation sites is 1. The summed E-state index contributed by atoms with van der Waals surface area (Å²) in [6.07, 6.45) is 0. The van der Waals surface area contributed by atoms with Crippen LogP contribution >= 0.6 is 11.8 Å². The van der Waals surface area contributed by atoms with Crippen molar-refractivity contribution in [2.45, 2.75) is 11.5 Å². The molecule has 3 aromatic rings. The number of furan rings is 1. The molecule has 0 unspecified atom stereocenters. The van der Waals surface area contributed by atoms with Crippen molar-refractivity contribution in [1.82, 2.24) is 5.32 Å². The zero-order valence-corrected chi connectivity index (χ0v) is 14.5. The third-order valence-electron chi connectivity index (χ3n) is 3.41. The quantitative estimate of drug-likeness (QED) is 0.482. The Bertz CT molecular complexity index is 787. The molecule has 0 aliphatic carbocycles. The van der Waals surface area contributed by atoms with Crippen molar-refractivity contribution in [3.63, 3.8) is 0 Å². The molecule has 0 spiro atoms. The van der Waals surface area contributed by atoms with E-state index in [1.807, 2.05) is 48.5 Å². The summed E-state index contributed by atoms with van der Waals surface area (Å²) >= 11 is 1.70. The van der Waals surface area contributed by atoms with Crippen LogP contribution in [0.2, 0.25) is 0 Å². The molecule has 1 aromatic heterocycles. The molecule has 0 aliphatic heterocycles. The van der Waals surface area contributed by atoms with Crippen LogP contribution < -0.4 is 10.1 Å². The van der Waals surface area contributed by atoms with E-state index in [2.05, 4.69) is 17.4 Å². The molecule has 0 aliphatic rings. The fraction of sp³-hybridized carbons (Fsp3) is 0.150. The second-order valence-electron chi connectivity index (χ2n) is 5.29. The number of rotatable bonds is 8. The van der Waals surface area contributed by atoms with E-state index < -0.39 is 0 Å². The number of hydrogen-bond acceptors (Lipinski definition) is 4. The van der Waals surface area contributed by atoms with Crippen LogP contribution in [0.15, 0.2) is 82.1 Å². The Morgan fingerprint density at radius 3 is 2.44 bits per heavy atom. The normalized spacial score (nSPS) is 10.4. The highest BCUT2D eigenvalue weighted by Gasteiger charge is 2.11. The summed E-state index contributed by atoms with van der Waals surface area (Å²) in [6, 6.07) is 23.0. The van der Waals surface area contributed by atoms with Gasteiger partial charge in [-0.15, -0.1) is 11.8 Å². The first-order valence-corrected chi connectivity index (χ1v) is 9.02. The van der Waals surface area contributed by atoms with Gasteiger partial charge in [0.25, 0.3) is 5.91 Å². The monoisotopic (exact) mass is 353 g/mol. The maximum absolute atomic E-state index is 12.1. The molecule has 4 nitrogen and oxygen atoms in total. The molecule has 1 amide bonds. The van der Waals surface area contributed by atoms with Gasteiger partial charge in [-0.25, -0.2) is 0 Å². The largest absolute Gasteiger partial charge is 0.486 e. The summed E-state index contributed by atoms with van der Waals surface area (Å²) in [6.45, 7) is 0.871. The molecule has 1 heterocycles. The van der Waals surface area contributed by atoms with Crippen molar-refractivity contribution in [2.24, 2.45) is 0 Å². The van der Waals surface area contributed by atoms with Gasteiger partial charge in [-0.3, -0.25) is 4.79 Å². The van der Waals surface area contributed by atoms with Gasteiger partial charge in [-0.1, -0.05) is 36.4 Å². The number of amides is 1. The molecule has 2 aromatic carbocycles. The summed E-state index contributed by atoms with van der Waals surface area (Å²) in [5, 5.41) is 2.86. The summed E-state index contributed by atoms with van der Waals surface area (Å²) in [7, 11) is 0. The van der Waals surface area contributed by atoms with E-state index in [9.17, 15) is 4.79 Å².